The fourth-order valence-corrected chi connectivity index (χ4v) is 7.59. The maximum atomic E-state index is 15.8. The molecular formula is C41H37F7N10O2. The lowest BCUT2D eigenvalue weighted by Gasteiger charge is -2.37. The molecule has 4 aromatic heterocycles. The van der Waals surface area contributed by atoms with Gasteiger partial charge in [0.25, 0.3) is 11.9 Å². The molecular weight excluding hydrogens is 798 g/mol. The number of aryl methyl sites for hydroxylation is 2. The summed E-state index contributed by atoms with van der Waals surface area (Å²) in [4.78, 5) is 38.2. The number of benzene rings is 2. The third-order valence-corrected chi connectivity index (χ3v) is 10.6. The summed E-state index contributed by atoms with van der Waals surface area (Å²) in [7, 11) is 1.47. The monoisotopic (exact) mass is 834 g/mol. The lowest BCUT2D eigenvalue weighted by Crippen LogP contribution is -2.57. The molecule has 0 radical (unpaired) electrons. The number of amides is 2. The SMILES string of the molecule is Cc1ccc(C(C)n2cc(C(F)(F)F)nc2CC(C)(C)NC(=O)[C@@H](Cc2cnn(C(F)F)c2)N2CCc3c(-c4nc5c(F)nn(C)c5cc4C#N)ccc(F)c3C2=O)cc1. The molecule has 0 bridgehead atoms. The number of nitriles is 1. The van der Waals surface area contributed by atoms with Gasteiger partial charge >= 0.3 is 12.7 Å². The van der Waals surface area contributed by atoms with Crippen LogP contribution in [0.3, 0.4) is 0 Å². The highest BCUT2D eigenvalue weighted by Gasteiger charge is 2.40. The van der Waals surface area contributed by atoms with E-state index < -0.39 is 65.2 Å². The smallest absolute Gasteiger partial charge is 0.349 e. The van der Waals surface area contributed by atoms with Crippen LogP contribution >= 0.6 is 0 Å². The summed E-state index contributed by atoms with van der Waals surface area (Å²) in [6.45, 7) is 3.49. The van der Waals surface area contributed by atoms with Crippen molar-refractivity contribution in [1.82, 2.24) is 44.3 Å². The molecule has 0 saturated heterocycles. The van der Waals surface area contributed by atoms with Crippen LogP contribution in [-0.2, 0) is 37.3 Å². The normalized spacial score (nSPS) is 14.4. The van der Waals surface area contributed by atoms with E-state index in [9.17, 15) is 41.2 Å². The number of nitrogens with zero attached hydrogens (tertiary/aromatic N) is 9. The molecule has 0 aliphatic carbocycles. The van der Waals surface area contributed by atoms with Gasteiger partial charge in [-0.3, -0.25) is 14.3 Å². The Morgan fingerprint density at radius 1 is 1.05 bits per heavy atom. The van der Waals surface area contributed by atoms with Crippen molar-refractivity contribution in [3.63, 3.8) is 0 Å². The number of nitrogens with one attached hydrogen (secondary N) is 1. The Labute approximate surface area is 338 Å². The van der Waals surface area contributed by atoms with Gasteiger partial charge in [0.1, 0.15) is 29.3 Å². The van der Waals surface area contributed by atoms with Gasteiger partial charge in [0.15, 0.2) is 5.69 Å². The predicted octanol–water partition coefficient (Wildman–Crippen LogP) is 7.26. The molecule has 1 N–H and O–H groups in total. The van der Waals surface area contributed by atoms with Gasteiger partial charge in [-0.15, -0.1) is 5.10 Å². The highest BCUT2D eigenvalue weighted by Crippen LogP contribution is 2.36. The molecule has 2 amide bonds. The van der Waals surface area contributed by atoms with Crippen molar-refractivity contribution < 1.29 is 40.3 Å². The van der Waals surface area contributed by atoms with Crippen LogP contribution in [0, 0.1) is 30.0 Å². The largest absolute Gasteiger partial charge is 0.434 e. The van der Waals surface area contributed by atoms with E-state index >= 15 is 4.39 Å². The van der Waals surface area contributed by atoms with Gasteiger partial charge in [0.05, 0.1) is 34.6 Å². The van der Waals surface area contributed by atoms with E-state index in [2.05, 4.69) is 25.5 Å². The summed E-state index contributed by atoms with van der Waals surface area (Å²) >= 11 is 0. The Kier molecular flexibility index (Phi) is 10.8. The summed E-state index contributed by atoms with van der Waals surface area (Å²) in [6.07, 6.45) is -2.41. The lowest BCUT2D eigenvalue weighted by molar-refractivity contribution is -0.141. The van der Waals surface area contributed by atoms with Crippen molar-refractivity contribution >= 4 is 22.8 Å². The van der Waals surface area contributed by atoms with E-state index in [-0.39, 0.29) is 70.6 Å². The molecule has 2 aromatic carbocycles. The van der Waals surface area contributed by atoms with Crippen LogP contribution in [0.15, 0.2) is 61.1 Å². The van der Waals surface area contributed by atoms with Crippen molar-refractivity contribution in [3.8, 4) is 17.3 Å². The molecule has 312 valence electrons. The molecule has 5 heterocycles. The average molecular weight is 835 g/mol. The third-order valence-electron chi connectivity index (χ3n) is 10.6. The zero-order chi connectivity index (χ0) is 43.4. The molecule has 1 aliphatic heterocycles. The predicted molar refractivity (Wildman–Crippen MR) is 202 cm³/mol. The van der Waals surface area contributed by atoms with Gasteiger partial charge < -0.3 is 14.8 Å². The molecule has 2 atom stereocenters. The van der Waals surface area contributed by atoms with E-state index in [0.717, 1.165) is 35.1 Å². The van der Waals surface area contributed by atoms with Gasteiger partial charge in [-0.05, 0) is 69.0 Å². The number of aromatic nitrogens is 7. The Balaban J connectivity index is 1.23. The second-order valence-electron chi connectivity index (χ2n) is 15.4. The van der Waals surface area contributed by atoms with Crippen molar-refractivity contribution in [1.29, 1.82) is 5.26 Å². The molecule has 1 aliphatic rings. The summed E-state index contributed by atoms with van der Waals surface area (Å²) < 4.78 is 103. The number of imidazole rings is 1. The van der Waals surface area contributed by atoms with Crippen LogP contribution in [0.1, 0.15) is 83.1 Å². The summed E-state index contributed by atoms with van der Waals surface area (Å²) in [5.41, 5.74) is -0.726. The first-order chi connectivity index (χ1) is 28.3. The highest BCUT2D eigenvalue weighted by molar-refractivity contribution is 6.02. The van der Waals surface area contributed by atoms with E-state index in [1.54, 1.807) is 32.9 Å². The van der Waals surface area contributed by atoms with E-state index in [1.165, 1.54) is 28.4 Å². The fourth-order valence-electron chi connectivity index (χ4n) is 7.59. The average Bonchev–Trinajstić information content (AvgIpc) is 3.90. The number of fused-ring (bicyclic) bond motifs is 2. The standard InChI is InChI=1S/C41H37F7N10O2/c1-21-6-8-24(9-7-21)22(2)57-20-31(41(46,47)48)51-32(57)16-40(3,4)53-37(59)30(14-23-18-50-58(19-23)39(44)45)56-13-12-26-27(10-11-28(42)33(26)38(56)60)34-25(17-49)15-29-35(52-34)36(43)54-55(29)5/h6-11,15,18-20,22,30,39H,12-14,16H2,1-5H3,(H,53,59)/t22?,30-/m1/s1. The van der Waals surface area contributed by atoms with Crippen LogP contribution in [0.2, 0.25) is 0 Å². The Morgan fingerprint density at radius 3 is 2.42 bits per heavy atom. The van der Waals surface area contributed by atoms with Crippen molar-refractivity contribution in [2.24, 2.45) is 7.05 Å². The van der Waals surface area contributed by atoms with Crippen LogP contribution < -0.4 is 5.32 Å². The number of carbonyl (C=O) groups excluding carboxylic acids is 2. The molecule has 0 spiro atoms. The number of pyridine rings is 1. The van der Waals surface area contributed by atoms with E-state index in [1.807, 2.05) is 25.1 Å². The molecule has 0 saturated carbocycles. The molecule has 6 aromatic rings. The number of rotatable bonds is 11. The Morgan fingerprint density at radius 2 is 1.77 bits per heavy atom. The van der Waals surface area contributed by atoms with Gasteiger partial charge in [0, 0.05) is 49.9 Å². The second kappa shape index (κ2) is 15.5. The zero-order valence-electron chi connectivity index (χ0n) is 32.8. The van der Waals surface area contributed by atoms with Crippen molar-refractivity contribution in [2.75, 3.05) is 6.54 Å². The molecule has 1 unspecified atom stereocenters. The Bertz CT molecular complexity index is 2670. The first-order valence-electron chi connectivity index (χ1n) is 18.7. The van der Waals surface area contributed by atoms with Crippen LogP contribution in [-0.4, -0.2) is 68.9 Å². The van der Waals surface area contributed by atoms with Crippen molar-refractivity contribution in [3.05, 3.63) is 118 Å². The maximum Gasteiger partial charge on any atom is 0.434 e. The summed E-state index contributed by atoms with van der Waals surface area (Å²) in [6, 6.07) is 10.9. The number of hydrogen-bond donors (Lipinski definition) is 1. The van der Waals surface area contributed by atoms with Gasteiger partial charge in [-0.2, -0.15) is 36.7 Å². The highest BCUT2D eigenvalue weighted by atomic mass is 19.4. The van der Waals surface area contributed by atoms with Gasteiger partial charge in [-0.1, -0.05) is 29.8 Å². The minimum absolute atomic E-state index is 0.000890. The van der Waals surface area contributed by atoms with Crippen LogP contribution in [0.25, 0.3) is 22.3 Å². The maximum absolute atomic E-state index is 15.8. The zero-order valence-corrected chi connectivity index (χ0v) is 32.8. The second-order valence-corrected chi connectivity index (χ2v) is 15.4. The van der Waals surface area contributed by atoms with E-state index in [4.69, 9.17) is 0 Å². The van der Waals surface area contributed by atoms with Crippen molar-refractivity contribution in [2.45, 2.75) is 77.3 Å². The van der Waals surface area contributed by atoms with Gasteiger partial charge in [-0.25, -0.2) is 19.0 Å². The van der Waals surface area contributed by atoms with Gasteiger partial charge in [0.2, 0.25) is 5.91 Å². The number of halogens is 7. The number of hydrogen-bond acceptors (Lipinski definition) is 7. The quantitative estimate of drug-likeness (QED) is 0.136. The fraction of sp³-hybridized carbons (Fsp3) is 0.341. The minimum atomic E-state index is -4.78. The molecule has 19 heteroatoms. The number of carbonyl (C=O) groups is 2. The lowest BCUT2D eigenvalue weighted by atomic mass is 9.89. The number of alkyl halides is 5. The first-order valence-corrected chi connectivity index (χ1v) is 18.7. The Hall–Kier alpha value is -6.58. The molecule has 60 heavy (non-hydrogen) atoms. The minimum Gasteiger partial charge on any atom is -0.349 e. The van der Waals surface area contributed by atoms with Crippen LogP contribution in [0.4, 0.5) is 30.7 Å². The van der Waals surface area contributed by atoms with Crippen LogP contribution in [0.5, 0.6) is 0 Å². The topological polar surface area (TPSA) is 140 Å². The summed E-state index contributed by atoms with van der Waals surface area (Å²) in [5.74, 6) is -3.63. The third kappa shape index (κ3) is 7.93. The first kappa shape index (κ1) is 41.6. The van der Waals surface area contributed by atoms with E-state index in [0.29, 0.717) is 10.2 Å². The summed E-state index contributed by atoms with van der Waals surface area (Å²) in [5, 5.41) is 20.2. The molecule has 12 nitrogen and oxygen atoms in total. The molecule has 7 rings (SSSR count). The molecule has 0 fully saturated rings.